The molecule has 0 atom stereocenters. The Morgan fingerprint density at radius 3 is 2.86 bits per heavy atom. The highest BCUT2D eigenvalue weighted by Crippen LogP contribution is 2.23. The quantitative estimate of drug-likeness (QED) is 0.618. The fraction of sp³-hybridized carbons (Fsp3) is 0.0714. The van der Waals surface area contributed by atoms with Crippen molar-refractivity contribution in [2.24, 2.45) is 4.40 Å². The van der Waals surface area contributed by atoms with Crippen molar-refractivity contribution in [2.75, 3.05) is 0 Å². The Morgan fingerprint density at radius 1 is 1.36 bits per heavy atom. The number of rotatable bonds is 3. The SMILES string of the molecule is C#CCn1/c(=N/S(=O)(=O)c2cccs2)sc2cc(Br)ccc21. The van der Waals surface area contributed by atoms with Gasteiger partial charge in [-0.1, -0.05) is 39.3 Å². The molecule has 0 aliphatic rings. The van der Waals surface area contributed by atoms with Gasteiger partial charge in [-0.15, -0.1) is 22.2 Å². The molecule has 0 saturated heterocycles. The summed E-state index contributed by atoms with van der Waals surface area (Å²) < 4.78 is 32.4. The van der Waals surface area contributed by atoms with E-state index in [1.807, 2.05) is 18.2 Å². The van der Waals surface area contributed by atoms with Crippen molar-refractivity contribution in [1.29, 1.82) is 0 Å². The average Bonchev–Trinajstić information content (AvgIpc) is 3.08. The van der Waals surface area contributed by atoms with Crippen molar-refractivity contribution in [2.45, 2.75) is 10.8 Å². The molecular weight excluding hydrogens is 404 g/mol. The molecule has 2 heterocycles. The third-order valence-corrected chi connectivity index (χ3v) is 7.13. The van der Waals surface area contributed by atoms with Crippen LogP contribution in [-0.4, -0.2) is 13.0 Å². The van der Waals surface area contributed by atoms with Gasteiger partial charge in [-0.25, -0.2) is 0 Å². The molecule has 0 aliphatic heterocycles. The van der Waals surface area contributed by atoms with Crippen LogP contribution in [0.3, 0.4) is 0 Å². The zero-order chi connectivity index (χ0) is 15.7. The molecule has 1 aromatic carbocycles. The lowest BCUT2D eigenvalue weighted by atomic mass is 10.3. The van der Waals surface area contributed by atoms with Gasteiger partial charge in [0.2, 0.25) is 4.80 Å². The normalized spacial score (nSPS) is 12.6. The van der Waals surface area contributed by atoms with Crippen molar-refractivity contribution >= 4 is 58.8 Å². The fourth-order valence-electron chi connectivity index (χ4n) is 1.92. The third-order valence-electron chi connectivity index (χ3n) is 2.84. The number of hydrogen-bond acceptors (Lipinski definition) is 4. The van der Waals surface area contributed by atoms with Gasteiger partial charge in [-0.2, -0.15) is 8.42 Å². The molecule has 0 amide bonds. The summed E-state index contributed by atoms with van der Waals surface area (Å²) in [5.41, 5.74) is 0.867. The average molecular weight is 413 g/mol. The minimum absolute atomic E-state index is 0.221. The molecule has 0 unspecified atom stereocenters. The predicted octanol–water partition coefficient (Wildman–Crippen LogP) is 3.45. The van der Waals surface area contributed by atoms with Crippen LogP contribution < -0.4 is 4.80 Å². The highest BCUT2D eigenvalue weighted by Gasteiger charge is 2.15. The van der Waals surface area contributed by atoms with Crippen LogP contribution in [0.15, 0.2) is 48.8 Å². The van der Waals surface area contributed by atoms with Crippen LogP contribution in [-0.2, 0) is 16.6 Å². The number of benzene rings is 1. The number of nitrogens with zero attached hydrogens (tertiary/aromatic N) is 2. The van der Waals surface area contributed by atoms with Gasteiger partial charge in [-0.05, 0) is 29.6 Å². The summed E-state index contributed by atoms with van der Waals surface area (Å²) in [7, 11) is -3.72. The molecule has 0 fully saturated rings. The summed E-state index contributed by atoms with van der Waals surface area (Å²) in [5.74, 6) is 2.54. The Morgan fingerprint density at radius 2 is 2.18 bits per heavy atom. The van der Waals surface area contributed by atoms with E-state index in [4.69, 9.17) is 6.42 Å². The zero-order valence-corrected chi connectivity index (χ0v) is 15.1. The van der Waals surface area contributed by atoms with Crippen LogP contribution >= 0.6 is 38.6 Å². The number of hydrogen-bond donors (Lipinski definition) is 0. The largest absolute Gasteiger partial charge is 0.304 e. The first-order valence-electron chi connectivity index (χ1n) is 6.08. The van der Waals surface area contributed by atoms with E-state index in [1.54, 1.807) is 22.1 Å². The van der Waals surface area contributed by atoms with Gasteiger partial charge in [0, 0.05) is 4.47 Å². The summed E-state index contributed by atoms with van der Waals surface area (Å²) >= 11 is 5.85. The van der Waals surface area contributed by atoms with E-state index in [1.165, 1.54) is 11.3 Å². The zero-order valence-electron chi connectivity index (χ0n) is 11.1. The molecule has 0 bridgehead atoms. The number of terminal acetylenes is 1. The van der Waals surface area contributed by atoms with Gasteiger partial charge in [-0.3, -0.25) is 0 Å². The molecule has 8 heteroatoms. The first-order chi connectivity index (χ1) is 10.5. The standard InChI is InChI=1S/C14H9BrN2O2S3/c1-2-7-17-11-6-5-10(15)9-12(11)21-14(17)16-22(18,19)13-4-3-8-20-13/h1,3-6,8-9H,7H2/b16-14-. The van der Waals surface area contributed by atoms with Crippen LogP contribution in [0.5, 0.6) is 0 Å². The number of thiazole rings is 1. The molecule has 0 N–H and O–H groups in total. The Balaban J connectivity index is 2.29. The summed E-state index contributed by atoms with van der Waals surface area (Å²) in [5, 5.41) is 1.71. The number of aromatic nitrogens is 1. The lowest BCUT2D eigenvalue weighted by Gasteiger charge is -1.99. The smallest absolute Gasteiger partial charge is 0.294 e. The van der Waals surface area contributed by atoms with E-state index in [0.717, 1.165) is 26.0 Å². The monoisotopic (exact) mass is 412 g/mol. The van der Waals surface area contributed by atoms with Gasteiger partial charge in [0.15, 0.2) is 0 Å². The van der Waals surface area contributed by atoms with Crippen LogP contribution in [0, 0.1) is 12.3 Å². The number of halogens is 1. The Hall–Kier alpha value is -1.40. The Bertz CT molecular complexity index is 1040. The van der Waals surface area contributed by atoms with Gasteiger partial charge >= 0.3 is 0 Å². The lowest BCUT2D eigenvalue weighted by Crippen LogP contribution is -2.16. The molecule has 3 aromatic rings. The van der Waals surface area contributed by atoms with Gasteiger partial charge in [0.1, 0.15) is 4.21 Å². The summed E-state index contributed by atoms with van der Waals surface area (Å²) in [6.07, 6.45) is 5.40. The van der Waals surface area contributed by atoms with Crippen LogP contribution in [0.25, 0.3) is 10.2 Å². The second-order valence-electron chi connectivity index (χ2n) is 4.29. The lowest BCUT2D eigenvalue weighted by molar-refractivity contribution is 0.598. The summed E-state index contributed by atoms with van der Waals surface area (Å²) in [6.45, 7) is 0.264. The van der Waals surface area contributed by atoms with Crippen LogP contribution in [0.2, 0.25) is 0 Å². The minimum atomic E-state index is -3.72. The van der Waals surface area contributed by atoms with E-state index < -0.39 is 10.0 Å². The number of fused-ring (bicyclic) bond motifs is 1. The molecule has 3 rings (SSSR count). The number of sulfonamides is 1. The first kappa shape index (κ1) is 15.5. The van der Waals surface area contributed by atoms with E-state index >= 15 is 0 Å². The minimum Gasteiger partial charge on any atom is -0.304 e. The van der Waals surface area contributed by atoms with E-state index in [2.05, 4.69) is 26.2 Å². The van der Waals surface area contributed by atoms with Crippen molar-refractivity contribution < 1.29 is 8.42 Å². The van der Waals surface area contributed by atoms with E-state index in [0.29, 0.717) is 4.80 Å². The topological polar surface area (TPSA) is 51.4 Å². The van der Waals surface area contributed by atoms with Gasteiger partial charge < -0.3 is 4.57 Å². The molecule has 4 nitrogen and oxygen atoms in total. The second-order valence-corrected chi connectivity index (χ2v) is 8.99. The fourth-order valence-corrected chi connectivity index (χ4v) is 5.67. The van der Waals surface area contributed by atoms with E-state index in [-0.39, 0.29) is 10.8 Å². The van der Waals surface area contributed by atoms with Crippen molar-refractivity contribution in [3.05, 3.63) is 45.0 Å². The van der Waals surface area contributed by atoms with Crippen molar-refractivity contribution in [3.63, 3.8) is 0 Å². The maximum absolute atomic E-state index is 12.3. The van der Waals surface area contributed by atoms with Crippen molar-refractivity contribution in [3.8, 4) is 12.3 Å². The second kappa shape index (κ2) is 6.01. The molecule has 0 spiro atoms. The maximum atomic E-state index is 12.3. The maximum Gasteiger partial charge on any atom is 0.294 e. The predicted molar refractivity (Wildman–Crippen MR) is 93.4 cm³/mol. The third kappa shape index (κ3) is 2.90. The first-order valence-corrected chi connectivity index (χ1v) is 10.0. The van der Waals surface area contributed by atoms with Crippen LogP contribution in [0.4, 0.5) is 0 Å². The van der Waals surface area contributed by atoms with Gasteiger partial charge in [0.25, 0.3) is 10.0 Å². The van der Waals surface area contributed by atoms with Crippen LogP contribution in [0.1, 0.15) is 0 Å². The highest BCUT2D eigenvalue weighted by atomic mass is 79.9. The molecule has 0 radical (unpaired) electrons. The van der Waals surface area contributed by atoms with Crippen molar-refractivity contribution in [1.82, 2.24) is 4.57 Å². The molecule has 2 aromatic heterocycles. The number of thiophene rings is 1. The molecule has 0 saturated carbocycles. The highest BCUT2D eigenvalue weighted by molar-refractivity contribution is 9.10. The molecule has 22 heavy (non-hydrogen) atoms. The molecular formula is C14H9BrN2O2S3. The summed E-state index contributed by atoms with van der Waals surface area (Å²) in [6, 6.07) is 8.93. The molecule has 0 aliphatic carbocycles. The Kier molecular flexibility index (Phi) is 4.23. The van der Waals surface area contributed by atoms with Gasteiger partial charge in [0.05, 0.1) is 16.8 Å². The molecule has 112 valence electrons. The summed E-state index contributed by atoms with van der Waals surface area (Å²) in [4.78, 5) is 0.374. The van der Waals surface area contributed by atoms with E-state index in [9.17, 15) is 8.42 Å². The Labute approximate surface area is 143 Å².